The summed E-state index contributed by atoms with van der Waals surface area (Å²) in [6.07, 6.45) is 2.98. The summed E-state index contributed by atoms with van der Waals surface area (Å²) in [6, 6.07) is 0.218. The number of rotatable bonds is 10. The number of nitrogens with one attached hydrogen (secondary N) is 1. The molecule has 0 aromatic rings. The molecule has 17 heavy (non-hydrogen) atoms. The summed E-state index contributed by atoms with van der Waals surface area (Å²) >= 11 is 0. The van der Waals surface area contributed by atoms with Crippen molar-refractivity contribution in [3.63, 3.8) is 0 Å². The molecular formula is C12H24N2O3. The lowest BCUT2D eigenvalue weighted by atomic mass is 10.2. The molecule has 0 saturated heterocycles. The van der Waals surface area contributed by atoms with Gasteiger partial charge in [0.25, 0.3) is 0 Å². The van der Waals surface area contributed by atoms with Gasteiger partial charge in [-0.05, 0) is 33.1 Å². The van der Waals surface area contributed by atoms with Crippen LogP contribution >= 0.6 is 0 Å². The van der Waals surface area contributed by atoms with Crippen molar-refractivity contribution in [2.45, 2.75) is 51.3 Å². The minimum absolute atomic E-state index is 0.0596. The molecular weight excluding hydrogens is 220 g/mol. The largest absolute Gasteiger partial charge is 0.379 e. The van der Waals surface area contributed by atoms with E-state index in [-0.39, 0.29) is 18.1 Å². The van der Waals surface area contributed by atoms with Crippen molar-refractivity contribution in [1.29, 1.82) is 0 Å². The summed E-state index contributed by atoms with van der Waals surface area (Å²) in [7, 11) is 0. The zero-order valence-electron chi connectivity index (χ0n) is 10.8. The van der Waals surface area contributed by atoms with Gasteiger partial charge in [0.05, 0.1) is 18.8 Å². The summed E-state index contributed by atoms with van der Waals surface area (Å²) in [5.41, 5.74) is 5.33. The first-order valence-electron chi connectivity index (χ1n) is 6.38. The third-order valence-electron chi connectivity index (χ3n) is 2.72. The fourth-order valence-electron chi connectivity index (χ4n) is 1.56. The summed E-state index contributed by atoms with van der Waals surface area (Å²) in [4.78, 5) is 11.2. The standard InChI is InChI=1S/C12H24N2O3/c1-3-16-8-9(2)17-7-6-11(12(13)15)14-10-4-5-10/h9-11,14H,3-8H2,1-2H3,(H2,13,15). The number of carbonyl (C=O) groups excluding carboxylic acids is 1. The normalized spacial score (nSPS) is 18.9. The summed E-state index contributed by atoms with van der Waals surface area (Å²) in [5, 5.41) is 3.22. The van der Waals surface area contributed by atoms with Crippen LogP contribution in [0.25, 0.3) is 0 Å². The highest BCUT2D eigenvalue weighted by molar-refractivity contribution is 5.79. The van der Waals surface area contributed by atoms with Gasteiger partial charge >= 0.3 is 0 Å². The Morgan fingerprint density at radius 1 is 1.53 bits per heavy atom. The van der Waals surface area contributed by atoms with Crippen molar-refractivity contribution in [1.82, 2.24) is 5.32 Å². The van der Waals surface area contributed by atoms with Crippen molar-refractivity contribution in [2.75, 3.05) is 19.8 Å². The van der Waals surface area contributed by atoms with E-state index in [1.165, 1.54) is 0 Å². The maximum absolute atomic E-state index is 11.2. The molecule has 2 atom stereocenters. The lowest BCUT2D eigenvalue weighted by Crippen LogP contribution is -2.43. The zero-order chi connectivity index (χ0) is 12.7. The molecule has 0 heterocycles. The van der Waals surface area contributed by atoms with Gasteiger partial charge in [-0.15, -0.1) is 0 Å². The zero-order valence-corrected chi connectivity index (χ0v) is 10.8. The fraction of sp³-hybridized carbons (Fsp3) is 0.917. The van der Waals surface area contributed by atoms with Crippen LogP contribution in [0.5, 0.6) is 0 Å². The summed E-state index contributed by atoms with van der Waals surface area (Å²) in [5.74, 6) is -0.294. The predicted molar refractivity (Wildman–Crippen MR) is 65.7 cm³/mol. The Morgan fingerprint density at radius 2 is 2.24 bits per heavy atom. The van der Waals surface area contributed by atoms with Gasteiger partial charge in [-0.1, -0.05) is 0 Å². The van der Waals surface area contributed by atoms with Crippen LogP contribution in [0, 0.1) is 0 Å². The van der Waals surface area contributed by atoms with E-state index in [4.69, 9.17) is 15.2 Å². The van der Waals surface area contributed by atoms with Gasteiger partial charge in [-0.3, -0.25) is 4.79 Å². The Bertz CT molecular complexity index is 232. The first-order valence-corrected chi connectivity index (χ1v) is 6.38. The number of nitrogens with two attached hydrogens (primary N) is 1. The molecule has 1 fully saturated rings. The van der Waals surface area contributed by atoms with Gasteiger partial charge in [0.1, 0.15) is 0 Å². The molecule has 0 bridgehead atoms. The SMILES string of the molecule is CCOCC(C)OCCC(NC1CC1)C(N)=O. The van der Waals surface area contributed by atoms with E-state index in [1.807, 2.05) is 13.8 Å². The predicted octanol–water partition coefficient (Wildman–Crippen LogP) is 0.424. The molecule has 0 spiro atoms. The Kier molecular flexibility index (Phi) is 6.47. The van der Waals surface area contributed by atoms with Crippen molar-refractivity contribution < 1.29 is 14.3 Å². The third-order valence-corrected chi connectivity index (χ3v) is 2.72. The first kappa shape index (κ1) is 14.4. The molecule has 2 unspecified atom stereocenters. The van der Waals surface area contributed by atoms with E-state index >= 15 is 0 Å². The topological polar surface area (TPSA) is 73.6 Å². The first-order chi connectivity index (χ1) is 8.13. The Labute approximate surface area is 103 Å². The number of amides is 1. The molecule has 5 nitrogen and oxygen atoms in total. The van der Waals surface area contributed by atoms with Crippen LogP contribution in [0.2, 0.25) is 0 Å². The van der Waals surface area contributed by atoms with E-state index < -0.39 is 0 Å². The van der Waals surface area contributed by atoms with E-state index in [2.05, 4.69) is 5.32 Å². The van der Waals surface area contributed by atoms with E-state index in [0.29, 0.717) is 32.3 Å². The van der Waals surface area contributed by atoms with Gasteiger partial charge in [0.2, 0.25) is 5.91 Å². The van der Waals surface area contributed by atoms with Crippen molar-refractivity contribution in [3.05, 3.63) is 0 Å². The average molecular weight is 244 g/mol. The van der Waals surface area contributed by atoms with E-state index in [0.717, 1.165) is 12.8 Å². The average Bonchev–Trinajstić information content (AvgIpc) is 3.08. The number of hydrogen-bond acceptors (Lipinski definition) is 4. The fourth-order valence-corrected chi connectivity index (χ4v) is 1.56. The molecule has 0 aromatic heterocycles. The van der Waals surface area contributed by atoms with Crippen LogP contribution < -0.4 is 11.1 Å². The van der Waals surface area contributed by atoms with Crippen LogP contribution in [0.15, 0.2) is 0 Å². The van der Waals surface area contributed by atoms with Crippen LogP contribution in [-0.4, -0.2) is 43.9 Å². The Hall–Kier alpha value is -0.650. The lowest BCUT2D eigenvalue weighted by molar-refractivity contribution is -0.120. The minimum Gasteiger partial charge on any atom is -0.379 e. The molecule has 3 N–H and O–H groups in total. The number of ether oxygens (including phenoxy) is 2. The van der Waals surface area contributed by atoms with Gasteiger partial charge in [-0.25, -0.2) is 0 Å². The van der Waals surface area contributed by atoms with Crippen molar-refractivity contribution in [2.24, 2.45) is 5.73 Å². The molecule has 0 radical (unpaired) electrons. The molecule has 1 amide bonds. The Balaban J connectivity index is 2.10. The molecule has 1 saturated carbocycles. The van der Waals surface area contributed by atoms with Crippen LogP contribution in [0.4, 0.5) is 0 Å². The van der Waals surface area contributed by atoms with Gasteiger partial charge in [0.15, 0.2) is 0 Å². The number of primary amides is 1. The summed E-state index contributed by atoms with van der Waals surface area (Å²) in [6.45, 7) is 5.73. The molecule has 100 valence electrons. The van der Waals surface area contributed by atoms with Crippen LogP contribution in [-0.2, 0) is 14.3 Å². The van der Waals surface area contributed by atoms with Gasteiger partial charge < -0.3 is 20.5 Å². The number of carbonyl (C=O) groups is 1. The molecule has 1 aliphatic carbocycles. The van der Waals surface area contributed by atoms with E-state index in [1.54, 1.807) is 0 Å². The maximum Gasteiger partial charge on any atom is 0.234 e. The monoisotopic (exact) mass is 244 g/mol. The molecule has 0 aromatic carbocycles. The van der Waals surface area contributed by atoms with Crippen LogP contribution in [0.3, 0.4) is 0 Å². The highest BCUT2D eigenvalue weighted by Crippen LogP contribution is 2.19. The highest BCUT2D eigenvalue weighted by Gasteiger charge is 2.26. The van der Waals surface area contributed by atoms with Crippen molar-refractivity contribution in [3.8, 4) is 0 Å². The molecule has 1 rings (SSSR count). The lowest BCUT2D eigenvalue weighted by Gasteiger charge is -2.17. The smallest absolute Gasteiger partial charge is 0.234 e. The maximum atomic E-state index is 11.2. The molecule has 0 aliphatic heterocycles. The minimum atomic E-state index is -0.294. The second kappa shape index (κ2) is 7.63. The van der Waals surface area contributed by atoms with E-state index in [9.17, 15) is 4.79 Å². The summed E-state index contributed by atoms with van der Waals surface area (Å²) < 4.78 is 10.8. The Morgan fingerprint density at radius 3 is 2.76 bits per heavy atom. The second-order valence-electron chi connectivity index (χ2n) is 4.53. The molecule has 1 aliphatic rings. The highest BCUT2D eigenvalue weighted by atomic mass is 16.5. The van der Waals surface area contributed by atoms with Crippen molar-refractivity contribution >= 4 is 5.91 Å². The molecule has 5 heteroatoms. The van der Waals surface area contributed by atoms with Gasteiger partial charge in [0, 0.05) is 19.3 Å². The second-order valence-corrected chi connectivity index (χ2v) is 4.53. The third kappa shape index (κ3) is 6.61. The van der Waals surface area contributed by atoms with Crippen LogP contribution in [0.1, 0.15) is 33.1 Å². The number of hydrogen-bond donors (Lipinski definition) is 2. The quantitative estimate of drug-likeness (QED) is 0.584. The van der Waals surface area contributed by atoms with Gasteiger partial charge in [-0.2, -0.15) is 0 Å².